The molecule has 2 aliphatic rings. The topological polar surface area (TPSA) is 75.0 Å². The van der Waals surface area contributed by atoms with E-state index in [1.807, 2.05) is 54.6 Å². The van der Waals surface area contributed by atoms with Crippen LogP contribution in [0.4, 0.5) is 5.69 Å². The van der Waals surface area contributed by atoms with Crippen LogP contribution in [-0.4, -0.2) is 55.6 Å². The predicted octanol–water partition coefficient (Wildman–Crippen LogP) is 4.60. The highest BCUT2D eigenvalue weighted by Crippen LogP contribution is 2.28. The van der Waals surface area contributed by atoms with Crippen molar-refractivity contribution in [3.05, 3.63) is 89.9 Å². The zero-order valence-electron chi connectivity index (χ0n) is 21.2. The average molecular weight is 502 g/mol. The van der Waals surface area contributed by atoms with Gasteiger partial charge in [0.2, 0.25) is 5.91 Å². The lowest BCUT2D eigenvalue weighted by Crippen LogP contribution is -2.46. The van der Waals surface area contributed by atoms with Gasteiger partial charge in [-0.25, -0.2) is 0 Å². The highest BCUT2D eigenvalue weighted by molar-refractivity contribution is 5.96. The number of benzene rings is 2. The Bertz CT molecular complexity index is 1140. The molecule has 194 valence electrons. The van der Waals surface area contributed by atoms with Gasteiger partial charge in [-0.15, -0.1) is 0 Å². The van der Waals surface area contributed by atoms with E-state index in [2.05, 4.69) is 10.2 Å². The van der Waals surface area contributed by atoms with Crippen molar-refractivity contribution >= 4 is 17.5 Å². The Morgan fingerprint density at radius 2 is 1.68 bits per heavy atom. The maximum absolute atomic E-state index is 13.9. The molecule has 1 atom stereocenters. The van der Waals surface area contributed by atoms with Gasteiger partial charge in [0.25, 0.3) is 5.91 Å². The van der Waals surface area contributed by atoms with Gasteiger partial charge in [0.15, 0.2) is 5.76 Å². The standard InChI is InChI=1S/C30H35N3O4/c34-29(31-25-9-4-5-10-25)28(24-12-14-26(15-13-24)32-18-21-36-22-19-32)33(30(35)27-11-6-20-37-27)17-16-23-7-2-1-3-8-23/h1-3,6-8,11-15,20,25,28H,4-5,9-10,16-19,21-22H2,(H,31,34)/t28-/m1/s1. The second-order valence-corrected chi connectivity index (χ2v) is 9.79. The van der Waals surface area contributed by atoms with Crippen LogP contribution in [0.5, 0.6) is 0 Å². The molecule has 2 amide bonds. The molecule has 37 heavy (non-hydrogen) atoms. The molecule has 1 aliphatic heterocycles. The van der Waals surface area contributed by atoms with Gasteiger partial charge in [-0.05, 0) is 54.7 Å². The van der Waals surface area contributed by atoms with Gasteiger partial charge >= 0.3 is 0 Å². The first-order chi connectivity index (χ1) is 18.2. The number of nitrogens with one attached hydrogen (secondary N) is 1. The van der Waals surface area contributed by atoms with Gasteiger partial charge in [-0.2, -0.15) is 0 Å². The third kappa shape index (κ3) is 6.23. The summed E-state index contributed by atoms with van der Waals surface area (Å²) >= 11 is 0. The Kier molecular flexibility index (Phi) is 8.21. The van der Waals surface area contributed by atoms with Crippen LogP contribution in [0.1, 0.15) is 53.4 Å². The molecule has 1 aromatic heterocycles. The van der Waals surface area contributed by atoms with E-state index in [0.29, 0.717) is 26.2 Å². The highest BCUT2D eigenvalue weighted by Gasteiger charge is 2.34. The largest absolute Gasteiger partial charge is 0.459 e. The maximum atomic E-state index is 13.9. The number of furan rings is 1. The molecule has 7 nitrogen and oxygen atoms in total. The Morgan fingerprint density at radius 3 is 2.35 bits per heavy atom. The van der Waals surface area contributed by atoms with Gasteiger partial charge in [0.1, 0.15) is 6.04 Å². The molecule has 2 fully saturated rings. The summed E-state index contributed by atoms with van der Waals surface area (Å²) in [7, 11) is 0. The number of hydrogen-bond acceptors (Lipinski definition) is 5. The fourth-order valence-corrected chi connectivity index (χ4v) is 5.30. The number of morpholine rings is 1. The summed E-state index contributed by atoms with van der Waals surface area (Å²) < 4.78 is 11.0. The molecule has 0 bridgehead atoms. The van der Waals surface area contributed by atoms with Gasteiger partial charge in [-0.3, -0.25) is 9.59 Å². The van der Waals surface area contributed by atoms with Crippen LogP contribution < -0.4 is 10.2 Å². The second-order valence-electron chi connectivity index (χ2n) is 9.79. The van der Waals surface area contributed by atoms with Crippen molar-refractivity contribution in [2.24, 2.45) is 0 Å². The number of amides is 2. The fourth-order valence-electron chi connectivity index (χ4n) is 5.30. The summed E-state index contributed by atoms with van der Waals surface area (Å²) in [6, 6.07) is 20.8. The summed E-state index contributed by atoms with van der Waals surface area (Å²) in [5, 5.41) is 3.24. The number of hydrogen-bond donors (Lipinski definition) is 1. The lowest BCUT2D eigenvalue weighted by molar-refractivity contribution is -0.126. The second kappa shape index (κ2) is 12.1. The molecule has 1 N–H and O–H groups in total. The van der Waals surface area contributed by atoms with Crippen molar-refractivity contribution in [2.45, 2.75) is 44.2 Å². The van der Waals surface area contributed by atoms with Crippen molar-refractivity contribution < 1.29 is 18.7 Å². The number of carbonyl (C=O) groups is 2. The van der Waals surface area contributed by atoms with Crippen LogP contribution in [0, 0.1) is 0 Å². The van der Waals surface area contributed by atoms with E-state index < -0.39 is 6.04 Å². The van der Waals surface area contributed by atoms with Crippen molar-refractivity contribution in [3.63, 3.8) is 0 Å². The Labute approximate surface area is 218 Å². The number of rotatable bonds is 9. The van der Waals surface area contributed by atoms with Crippen LogP contribution in [0.2, 0.25) is 0 Å². The van der Waals surface area contributed by atoms with Crippen LogP contribution in [0.25, 0.3) is 0 Å². The number of ether oxygens (including phenoxy) is 1. The summed E-state index contributed by atoms with van der Waals surface area (Å²) in [6.45, 7) is 3.48. The molecule has 1 saturated heterocycles. The SMILES string of the molecule is O=C(NC1CCCC1)[C@@H](c1ccc(N2CCOCC2)cc1)N(CCc1ccccc1)C(=O)c1ccco1. The number of carbonyl (C=O) groups excluding carboxylic acids is 2. The quantitative estimate of drug-likeness (QED) is 0.464. The summed E-state index contributed by atoms with van der Waals surface area (Å²) in [5.41, 5.74) is 2.99. The monoisotopic (exact) mass is 501 g/mol. The Hall–Kier alpha value is -3.58. The maximum Gasteiger partial charge on any atom is 0.290 e. The Balaban J connectivity index is 1.46. The van der Waals surface area contributed by atoms with Gasteiger partial charge < -0.3 is 24.3 Å². The van der Waals surface area contributed by atoms with Crippen LogP contribution in [0.15, 0.2) is 77.4 Å². The minimum atomic E-state index is -0.763. The van der Waals surface area contributed by atoms with Gasteiger partial charge in [0, 0.05) is 31.4 Å². The molecule has 1 saturated carbocycles. The zero-order valence-corrected chi connectivity index (χ0v) is 21.2. The van der Waals surface area contributed by atoms with E-state index >= 15 is 0 Å². The van der Waals surface area contributed by atoms with Crippen molar-refractivity contribution in [1.29, 1.82) is 0 Å². The van der Waals surface area contributed by atoms with Crippen molar-refractivity contribution in [1.82, 2.24) is 10.2 Å². The highest BCUT2D eigenvalue weighted by atomic mass is 16.5. The van der Waals surface area contributed by atoms with Crippen molar-refractivity contribution in [3.8, 4) is 0 Å². The molecule has 3 aromatic rings. The first-order valence-corrected chi connectivity index (χ1v) is 13.3. The summed E-state index contributed by atoms with van der Waals surface area (Å²) in [5.74, 6) is -0.194. The molecule has 1 aliphatic carbocycles. The van der Waals surface area contributed by atoms with Crippen LogP contribution >= 0.6 is 0 Å². The first kappa shape index (κ1) is 25.1. The van der Waals surface area contributed by atoms with Crippen LogP contribution in [0.3, 0.4) is 0 Å². The third-order valence-corrected chi connectivity index (χ3v) is 7.32. The lowest BCUT2D eigenvalue weighted by atomic mass is 10.0. The normalized spacial score (nSPS) is 16.9. The zero-order chi connectivity index (χ0) is 25.5. The van der Waals surface area contributed by atoms with Crippen molar-refractivity contribution in [2.75, 3.05) is 37.7 Å². The first-order valence-electron chi connectivity index (χ1n) is 13.3. The minimum Gasteiger partial charge on any atom is -0.459 e. The predicted molar refractivity (Wildman–Crippen MR) is 143 cm³/mol. The summed E-state index contributed by atoms with van der Waals surface area (Å²) in [4.78, 5) is 31.5. The molecule has 2 aromatic carbocycles. The van der Waals surface area contributed by atoms with E-state index in [1.165, 1.54) is 6.26 Å². The third-order valence-electron chi connectivity index (χ3n) is 7.32. The van der Waals surface area contributed by atoms with Crippen LogP contribution in [-0.2, 0) is 16.0 Å². The van der Waals surface area contributed by atoms with E-state index in [-0.39, 0.29) is 23.6 Å². The molecular weight excluding hydrogens is 466 g/mol. The number of nitrogens with zero attached hydrogens (tertiary/aromatic N) is 2. The van der Waals surface area contributed by atoms with Gasteiger partial charge in [-0.1, -0.05) is 55.3 Å². The molecule has 7 heteroatoms. The Morgan fingerprint density at radius 1 is 0.946 bits per heavy atom. The molecule has 0 radical (unpaired) electrons. The van der Waals surface area contributed by atoms with E-state index in [1.54, 1.807) is 17.0 Å². The van der Waals surface area contributed by atoms with E-state index in [0.717, 1.165) is 55.6 Å². The van der Waals surface area contributed by atoms with E-state index in [4.69, 9.17) is 9.15 Å². The fraction of sp³-hybridized carbons (Fsp3) is 0.400. The average Bonchev–Trinajstić information content (AvgIpc) is 3.67. The summed E-state index contributed by atoms with van der Waals surface area (Å²) in [6.07, 6.45) is 6.31. The molecule has 2 heterocycles. The molecule has 0 spiro atoms. The van der Waals surface area contributed by atoms with Gasteiger partial charge in [0.05, 0.1) is 19.5 Å². The molecule has 0 unspecified atom stereocenters. The number of anilines is 1. The lowest BCUT2D eigenvalue weighted by Gasteiger charge is -2.33. The molecule has 5 rings (SSSR count). The molecular formula is C30H35N3O4. The smallest absolute Gasteiger partial charge is 0.290 e. The van der Waals surface area contributed by atoms with E-state index in [9.17, 15) is 9.59 Å². The minimum absolute atomic E-state index is 0.140.